The number of rotatable bonds is 8. The Morgan fingerprint density at radius 1 is 0.933 bits per heavy atom. The second kappa shape index (κ2) is 9.58. The van der Waals surface area contributed by atoms with E-state index in [1.165, 1.54) is 25.3 Å². The van der Waals surface area contributed by atoms with Gasteiger partial charge in [-0.05, 0) is 35.7 Å². The molecule has 30 heavy (non-hydrogen) atoms. The first-order valence-electron chi connectivity index (χ1n) is 9.76. The van der Waals surface area contributed by atoms with E-state index in [0.29, 0.717) is 29.3 Å². The van der Waals surface area contributed by atoms with Gasteiger partial charge in [0.05, 0.1) is 34.0 Å². The number of nitrogen functional groups attached to an aromatic ring is 1. The van der Waals surface area contributed by atoms with Crippen LogP contribution < -0.4 is 30.0 Å². The third-order valence-electron chi connectivity index (χ3n) is 5.31. The highest BCUT2D eigenvalue weighted by Crippen LogP contribution is 2.33. The second-order valence-electron chi connectivity index (χ2n) is 7.05. The molecule has 0 saturated heterocycles. The molecule has 0 bridgehead atoms. The molecule has 0 unspecified atom stereocenters. The Morgan fingerprint density at radius 2 is 1.50 bits per heavy atom. The van der Waals surface area contributed by atoms with E-state index in [-0.39, 0.29) is 5.91 Å². The van der Waals surface area contributed by atoms with E-state index in [1.807, 2.05) is 12.1 Å². The van der Waals surface area contributed by atoms with Crippen molar-refractivity contribution in [3.63, 3.8) is 0 Å². The largest absolute Gasteiger partial charge is 0.493 e. The summed E-state index contributed by atoms with van der Waals surface area (Å²) in [7, 11) is 6.33. The molecule has 162 valence electrons. The third kappa shape index (κ3) is 4.54. The van der Waals surface area contributed by atoms with Gasteiger partial charge in [0.1, 0.15) is 0 Å². The zero-order chi connectivity index (χ0) is 21.7. The molecule has 8 nitrogen and oxygen atoms in total. The van der Waals surface area contributed by atoms with Gasteiger partial charge in [-0.2, -0.15) is 0 Å². The Hall–Kier alpha value is -3.13. The zero-order valence-electron chi connectivity index (χ0n) is 17.9. The van der Waals surface area contributed by atoms with Crippen molar-refractivity contribution in [3.05, 3.63) is 41.0 Å². The smallest absolute Gasteiger partial charge is 0.253 e. The summed E-state index contributed by atoms with van der Waals surface area (Å²) in [5, 5.41) is 2.94. The number of carbonyl (C=O) groups excluding carboxylic acids is 1. The molecular weight excluding hydrogens is 386 g/mol. The van der Waals surface area contributed by atoms with Crippen molar-refractivity contribution in [2.24, 2.45) is 0 Å². The Labute approximate surface area is 176 Å². The van der Waals surface area contributed by atoms with Gasteiger partial charge in [0.25, 0.3) is 5.91 Å². The van der Waals surface area contributed by atoms with Gasteiger partial charge in [0, 0.05) is 37.9 Å². The van der Waals surface area contributed by atoms with Crippen LogP contribution in [0.5, 0.6) is 23.0 Å². The summed E-state index contributed by atoms with van der Waals surface area (Å²) in [6.07, 6.45) is 0.923. The highest BCUT2D eigenvalue weighted by Gasteiger charge is 2.20. The van der Waals surface area contributed by atoms with Crippen molar-refractivity contribution in [2.75, 3.05) is 53.8 Å². The van der Waals surface area contributed by atoms with E-state index in [1.54, 1.807) is 26.4 Å². The summed E-state index contributed by atoms with van der Waals surface area (Å²) in [6.45, 7) is 2.95. The summed E-state index contributed by atoms with van der Waals surface area (Å²) in [5.41, 5.74) is 9.21. The molecule has 1 aliphatic heterocycles. The number of benzene rings is 2. The monoisotopic (exact) mass is 415 g/mol. The molecule has 2 aromatic rings. The molecule has 0 aliphatic carbocycles. The Kier molecular flexibility index (Phi) is 6.89. The van der Waals surface area contributed by atoms with Crippen LogP contribution in [0.4, 0.5) is 5.69 Å². The van der Waals surface area contributed by atoms with Gasteiger partial charge >= 0.3 is 0 Å². The predicted molar refractivity (Wildman–Crippen MR) is 115 cm³/mol. The molecule has 0 atom stereocenters. The predicted octanol–water partition coefficient (Wildman–Crippen LogP) is 2.09. The zero-order valence-corrected chi connectivity index (χ0v) is 17.9. The van der Waals surface area contributed by atoms with Gasteiger partial charge in [-0.3, -0.25) is 9.69 Å². The topological polar surface area (TPSA) is 95.3 Å². The van der Waals surface area contributed by atoms with Gasteiger partial charge in [-0.25, -0.2) is 0 Å². The van der Waals surface area contributed by atoms with Crippen molar-refractivity contribution >= 4 is 11.6 Å². The van der Waals surface area contributed by atoms with Crippen LogP contribution in [-0.4, -0.2) is 58.9 Å². The highest BCUT2D eigenvalue weighted by molar-refractivity contribution is 6.00. The van der Waals surface area contributed by atoms with Crippen LogP contribution in [0.25, 0.3) is 0 Å². The average molecular weight is 415 g/mol. The van der Waals surface area contributed by atoms with E-state index in [0.717, 1.165) is 37.6 Å². The molecule has 0 radical (unpaired) electrons. The fraction of sp³-hybridized carbons (Fsp3) is 0.409. The number of carbonyl (C=O) groups is 1. The fourth-order valence-corrected chi connectivity index (χ4v) is 3.65. The van der Waals surface area contributed by atoms with Gasteiger partial charge in [-0.15, -0.1) is 0 Å². The van der Waals surface area contributed by atoms with Crippen LogP contribution in [0.15, 0.2) is 24.3 Å². The van der Waals surface area contributed by atoms with Gasteiger partial charge < -0.3 is 30.0 Å². The third-order valence-corrected chi connectivity index (χ3v) is 5.31. The van der Waals surface area contributed by atoms with Crippen molar-refractivity contribution < 1.29 is 23.7 Å². The summed E-state index contributed by atoms with van der Waals surface area (Å²) in [5.74, 6) is 2.21. The lowest BCUT2D eigenvalue weighted by molar-refractivity contribution is 0.0947. The van der Waals surface area contributed by atoms with Crippen molar-refractivity contribution in [2.45, 2.75) is 13.0 Å². The molecule has 1 aliphatic rings. The lowest BCUT2D eigenvalue weighted by atomic mass is 9.99. The molecule has 1 amide bonds. The summed E-state index contributed by atoms with van der Waals surface area (Å²) in [4.78, 5) is 14.9. The number of hydrogen-bond donors (Lipinski definition) is 2. The number of amides is 1. The molecule has 3 N–H and O–H groups in total. The maximum absolute atomic E-state index is 12.6. The van der Waals surface area contributed by atoms with Crippen LogP contribution in [0.2, 0.25) is 0 Å². The SMILES string of the molecule is COc1cc(N)c(C(=O)NCCN2CCc3cc(OC)c(OC)cc3C2)cc1OC. The van der Waals surface area contributed by atoms with Gasteiger partial charge in [0.15, 0.2) is 23.0 Å². The van der Waals surface area contributed by atoms with Crippen LogP contribution in [0.3, 0.4) is 0 Å². The minimum atomic E-state index is -0.239. The van der Waals surface area contributed by atoms with Crippen LogP contribution in [0, 0.1) is 0 Å². The first kappa shape index (κ1) is 21.6. The van der Waals surface area contributed by atoms with E-state index in [2.05, 4.69) is 10.2 Å². The van der Waals surface area contributed by atoms with E-state index in [4.69, 9.17) is 24.7 Å². The second-order valence-corrected chi connectivity index (χ2v) is 7.05. The van der Waals surface area contributed by atoms with Crippen molar-refractivity contribution in [3.8, 4) is 23.0 Å². The standard InChI is InChI=1S/C22H29N3O5/c1-27-18-9-14-5-7-25(13-15(14)10-19(18)28-2)8-6-24-22(26)16-11-20(29-3)21(30-4)12-17(16)23/h9-12H,5-8,13,23H2,1-4H3,(H,24,26). The number of hydrogen-bond acceptors (Lipinski definition) is 7. The number of nitrogens with two attached hydrogens (primary N) is 1. The molecule has 3 rings (SSSR count). The van der Waals surface area contributed by atoms with Gasteiger partial charge in [0.2, 0.25) is 0 Å². The number of nitrogens with zero attached hydrogens (tertiary/aromatic N) is 1. The van der Waals surface area contributed by atoms with Crippen LogP contribution >= 0.6 is 0 Å². The van der Waals surface area contributed by atoms with Crippen molar-refractivity contribution in [1.29, 1.82) is 0 Å². The molecule has 1 heterocycles. The fourth-order valence-electron chi connectivity index (χ4n) is 3.65. The Bertz CT molecular complexity index is 916. The highest BCUT2D eigenvalue weighted by atomic mass is 16.5. The number of methoxy groups -OCH3 is 4. The number of nitrogens with one attached hydrogen (secondary N) is 1. The first-order chi connectivity index (χ1) is 14.5. The molecular formula is C22H29N3O5. The maximum Gasteiger partial charge on any atom is 0.253 e. The molecule has 0 saturated carbocycles. The quantitative estimate of drug-likeness (QED) is 0.638. The van der Waals surface area contributed by atoms with Gasteiger partial charge in [-0.1, -0.05) is 0 Å². The summed E-state index contributed by atoms with van der Waals surface area (Å²) < 4.78 is 21.3. The molecule has 0 fully saturated rings. The van der Waals surface area contributed by atoms with Crippen LogP contribution in [0.1, 0.15) is 21.5 Å². The summed E-state index contributed by atoms with van der Waals surface area (Å²) in [6, 6.07) is 7.27. The molecule has 0 spiro atoms. The lowest BCUT2D eigenvalue weighted by Gasteiger charge is -2.29. The number of anilines is 1. The average Bonchev–Trinajstić information content (AvgIpc) is 2.77. The Morgan fingerprint density at radius 3 is 2.13 bits per heavy atom. The van der Waals surface area contributed by atoms with Crippen LogP contribution in [-0.2, 0) is 13.0 Å². The van der Waals surface area contributed by atoms with E-state index in [9.17, 15) is 4.79 Å². The summed E-state index contributed by atoms with van der Waals surface area (Å²) >= 11 is 0. The Balaban J connectivity index is 1.59. The molecule has 8 heteroatoms. The minimum Gasteiger partial charge on any atom is -0.493 e. The molecule has 0 aromatic heterocycles. The number of ether oxygens (including phenoxy) is 4. The number of fused-ring (bicyclic) bond motifs is 1. The molecule has 2 aromatic carbocycles. The normalized spacial score (nSPS) is 13.3. The minimum absolute atomic E-state index is 0.239. The van der Waals surface area contributed by atoms with Crippen molar-refractivity contribution in [1.82, 2.24) is 10.2 Å². The maximum atomic E-state index is 12.6. The van der Waals surface area contributed by atoms with E-state index < -0.39 is 0 Å². The van der Waals surface area contributed by atoms with E-state index >= 15 is 0 Å². The lowest BCUT2D eigenvalue weighted by Crippen LogP contribution is -2.38. The first-order valence-corrected chi connectivity index (χ1v) is 9.76.